The molecule has 10 nitrogen and oxygen atoms in total. The van der Waals surface area contributed by atoms with Gasteiger partial charge in [0, 0.05) is 12.0 Å². The summed E-state index contributed by atoms with van der Waals surface area (Å²) < 4.78 is 13.8. The number of benzene rings is 2. The molecule has 3 aromatic rings. The smallest absolute Gasteiger partial charge is 0.337 e. The summed E-state index contributed by atoms with van der Waals surface area (Å²) in [6.07, 6.45) is 0.435. The molecule has 2 aromatic carbocycles. The molecule has 0 aliphatic heterocycles. The first-order valence-electron chi connectivity index (χ1n) is 14.4. The highest BCUT2D eigenvalue weighted by Gasteiger charge is 2.25. The summed E-state index contributed by atoms with van der Waals surface area (Å²) in [4.78, 5) is 38.7. The highest BCUT2D eigenvalue weighted by atomic mass is 16.6. The van der Waals surface area contributed by atoms with E-state index in [0.29, 0.717) is 13.0 Å². The first-order chi connectivity index (χ1) is 20.1. The third-order valence-electron chi connectivity index (χ3n) is 6.75. The van der Waals surface area contributed by atoms with Crippen molar-refractivity contribution in [1.82, 2.24) is 13.7 Å². The molecule has 43 heavy (non-hydrogen) atoms. The van der Waals surface area contributed by atoms with Crippen molar-refractivity contribution in [3.63, 3.8) is 0 Å². The lowest BCUT2D eigenvalue weighted by atomic mass is 9.92. The van der Waals surface area contributed by atoms with Crippen LogP contribution in [0.4, 0.5) is 0 Å². The fourth-order valence-corrected chi connectivity index (χ4v) is 4.57. The quantitative estimate of drug-likeness (QED) is 0.229. The molecule has 1 aromatic heterocycles. The van der Waals surface area contributed by atoms with Crippen LogP contribution in [0.3, 0.4) is 0 Å². The Hall–Kier alpha value is -3.57. The third kappa shape index (κ3) is 9.72. The Kier molecular flexibility index (Phi) is 11.3. The fraction of sp³-hybridized carbons (Fsp3) is 0.485. The highest BCUT2D eigenvalue weighted by molar-refractivity contribution is 5.30. The van der Waals surface area contributed by atoms with E-state index in [1.807, 2.05) is 48.5 Å². The molecule has 0 radical (unpaired) electrons. The van der Waals surface area contributed by atoms with Gasteiger partial charge in [-0.3, -0.25) is 0 Å². The van der Waals surface area contributed by atoms with Crippen molar-refractivity contribution in [3.8, 4) is 0 Å². The van der Waals surface area contributed by atoms with Crippen molar-refractivity contribution in [3.05, 3.63) is 115 Å². The van der Waals surface area contributed by atoms with Crippen LogP contribution in [-0.4, -0.2) is 36.5 Å². The number of nitrogens with zero attached hydrogens (tertiary/aromatic N) is 3. The molecule has 0 aliphatic rings. The van der Waals surface area contributed by atoms with Gasteiger partial charge in [0.2, 0.25) is 0 Å². The van der Waals surface area contributed by atoms with Gasteiger partial charge in [0.1, 0.15) is 0 Å². The first-order valence-corrected chi connectivity index (χ1v) is 14.4. The van der Waals surface area contributed by atoms with Crippen molar-refractivity contribution < 1.29 is 19.7 Å². The minimum atomic E-state index is -1.45. The van der Waals surface area contributed by atoms with E-state index in [9.17, 15) is 24.6 Å². The van der Waals surface area contributed by atoms with Crippen molar-refractivity contribution >= 4 is 0 Å². The fourth-order valence-electron chi connectivity index (χ4n) is 4.57. The van der Waals surface area contributed by atoms with Crippen LogP contribution in [0, 0.1) is 5.41 Å². The maximum absolute atomic E-state index is 13.0. The Labute approximate surface area is 252 Å². The Bertz CT molecular complexity index is 1540. The van der Waals surface area contributed by atoms with Gasteiger partial charge in [0.05, 0.1) is 26.3 Å². The summed E-state index contributed by atoms with van der Waals surface area (Å²) in [7, 11) is 0. The summed E-state index contributed by atoms with van der Waals surface area (Å²) in [5.74, 6) is 0. The molecule has 0 spiro atoms. The monoisotopic (exact) mass is 595 g/mol. The molecular formula is C33H45N3O7. The molecule has 0 amide bonds. The Morgan fingerprint density at radius 2 is 1.16 bits per heavy atom. The lowest BCUT2D eigenvalue weighted by Gasteiger charge is -2.24. The van der Waals surface area contributed by atoms with Crippen LogP contribution in [-0.2, 0) is 47.7 Å². The Morgan fingerprint density at radius 3 is 1.60 bits per heavy atom. The average Bonchev–Trinajstić information content (AvgIpc) is 2.91. The molecule has 0 bridgehead atoms. The van der Waals surface area contributed by atoms with Crippen molar-refractivity contribution in [2.24, 2.45) is 5.41 Å². The predicted molar refractivity (Wildman–Crippen MR) is 166 cm³/mol. The average molecular weight is 596 g/mol. The minimum Gasteiger partial charge on any atom is -0.368 e. The largest absolute Gasteiger partial charge is 0.368 e. The van der Waals surface area contributed by atoms with Crippen LogP contribution in [0.25, 0.3) is 0 Å². The standard InChI is InChI=1S/C33H45N3O7/c1-8-17-34-29(39)35(31(41)36(30(34)40)33(5,6)7)20-28(38)43-22-26-15-11-24(12-16-26)18-23-9-13-25(14-10-23)21-42-27(37)19-32(2,3)4/h8-16,27-28,37-38H,1,17-22H2,2-7H3. The van der Waals surface area contributed by atoms with Crippen LogP contribution >= 0.6 is 0 Å². The zero-order valence-electron chi connectivity index (χ0n) is 26.1. The first kappa shape index (κ1) is 33.9. The van der Waals surface area contributed by atoms with Crippen LogP contribution < -0.4 is 17.1 Å². The molecule has 0 saturated carbocycles. The van der Waals surface area contributed by atoms with E-state index in [1.165, 1.54) is 6.08 Å². The lowest BCUT2D eigenvalue weighted by Crippen LogP contribution is -2.59. The Balaban J connectivity index is 1.58. The van der Waals surface area contributed by atoms with E-state index in [4.69, 9.17) is 9.47 Å². The summed E-state index contributed by atoms with van der Waals surface area (Å²) in [5.41, 5.74) is 0.743. The van der Waals surface area contributed by atoms with Gasteiger partial charge >= 0.3 is 17.1 Å². The minimum absolute atomic E-state index is 0.0101. The van der Waals surface area contributed by atoms with E-state index in [2.05, 4.69) is 27.4 Å². The molecule has 0 fully saturated rings. The molecule has 2 atom stereocenters. The van der Waals surface area contributed by atoms with Crippen LogP contribution in [0.1, 0.15) is 70.2 Å². The molecule has 1 heterocycles. The second-order valence-corrected chi connectivity index (χ2v) is 13.0. The van der Waals surface area contributed by atoms with Gasteiger partial charge in [-0.05, 0) is 54.9 Å². The number of ether oxygens (including phenoxy) is 2. The lowest BCUT2D eigenvalue weighted by molar-refractivity contribution is -0.125. The number of aliphatic hydroxyl groups excluding tert-OH is 2. The number of aromatic nitrogens is 3. The van der Waals surface area contributed by atoms with Gasteiger partial charge in [-0.15, -0.1) is 6.58 Å². The van der Waals surface area contributed by atoms with Gasteiger partial charge < -0.3 is 19.7 Å². The van der Waals surface area contributed by atoms with Gasteiger partial charge in [-0.1, -0.05) is 75.4 Å². The van der Waals surface area contributed by atoms with Crippen LogP contribution in [0.15, 0.2) is 75.6 Å². The number of hydrogen-bond donors (Lipinski definition) is 2. The molecule has 10 heteroatoms. The van der Waals surface area contributed by atoms with E-state index in [1.54, 1.807) is 20.8 Å². The van der Waals surface area contributed by atoms with E-state index < -0.39 is 41.7 Å². The zero-order valence-corrected chi connectivity index (χ0v) is 26.1. The van der Waals surface area contributed by atoms with Gasteiger partial charge in [-0.25, -0.2) is 28.1 Å². The second kappa shape index (κ2) is 14.3. The zero-order chi connectivity index (χ0) is 31.9. The number of hydrogen-bond acceptors (Lipinski definition) is 7. The summed E-state index contributed by atoms with van der Waals surface area (Å²) in [6.45, 7) is 14.7. The van der Waals surface area contributed by atoms with Crippen LogP contribution in [0.2, 0.25) is 0 Å². The maximum Gasteiger partial charge on any atom is 0.337 e. The molecular weight excluding hydrogens is 550 g/mol. The van der Waals surface area contributed by atoms with Crippen molar-refractivity contribution in [1.29, 1.82) is 0 Å². The second-order valence-electron chi connectivity index (χ2n) is 13.0. The number of rotatable bonds is 13. The molecule has 0 aliphatic carbocycles. The van der Waals surface area contributed by atoms with Crippen molar-refractivity contribution in [2.45, 2.75) is 98.8 Å². The summed E-state index contributed by atoms with van der Waals surface area (Å²) >= 11 is 0. The number of allylic oxidation sites excluding steroid dienone is 1. The predicted octanol–water partition coefficient (Wildman–Crippen LogP) is 3.51. The van der Waals surface area contributed by atoms with E-state index in [0.717, 1.165) is 42.4 Å². The summed E-state index contributed by atoms with van der Waals surface area (Å²) in [6, 6.07) is 15.8. The molecule has 0 saturated heterocycles. The molecule has 3 rings (SSSR count). The van der Waals surface area contributed by atoms with E-state index in [-0.39, 0.29) is 18.6 Å². The number of aliphatic hydroxyl groups is 2. The van der Waals surface area contributed by atoms with Gasteiger partial charge in [0.15, 0.2) is 12.6 Å². The molecule has 234 valence electrons. The van der Waals surface area contributed by atoms with Gasteiger partial charge in [0.25, 0.3) is 0 Å². The van der Waals surface area contributed by atoms with Crippen LogP contribution in [0.5, 0.6) is 0 Å². The van der Waals surface area contributed by atoms with Gasteiger partial charge in [-0.2, -0.15) is 0 Å². The molecule has 2 unspecified atom stereocenters. The normalized spacial score (nSPS) is 13.6. The van der Waals surface area contributed by atoms with E-state index >= 15 is 0 Å². The third-order valence-corrected chi connectivity index (χ3v) is 6.75. The molecule has 2 N–H and O–H groups in total. The Morgan fingerprint density at radius 1 is 0.721 bits per heavy atom. The SMILES string of the molecule is C=CCn1c(=O)n(CC(O)OCc2ccc(Cc3ccc(COC(O)CC(C)(C)C)cc3)cc2)c(=O)n(C(C)(C)C)c1=O. The highest BCUT2D eigenvalue weighted by Crippen LogP contribution is 2.22. The van der Waals surface area contributed by atoms with Crippen molar-refractivity contribution in [2.75, 3.05) is 0 Å². The topological polar surface area (TPSA) is 125 Å². The maximum atomic E-state index is 13.0. The summed E-state index contributed by atoms with van der Waals surface area (Å²) in [5, 5.41) is 20.6.